The Hall–Kier alpha value is -1.29. The van der Waals surface area contributed by atoms with Gasteiger partial charge in [0.1, 0.15) is 0 Å². The molecule has 3 nitrogen and oxygen atoms in total. The van der Waals surface area contributed by atoms with Crippen molar-refractivity contribution in [3.8, 4) is 0 Å². The van der Waals surface area contributed by atoms with Crippen molar-refractivity contribution in [2.45, 2.75) is 25.7 Å². The topological polar surface area (TPSA) is 43.4 Å². The third-order valence-corrected chi connectivity index (χ3v) is 4.03. The van der Waals surface area contributed by atoms with Crippen LogP contribution in [0, 0.1) is 5.41 Å². The molecule has 0 saturated carbocycles. The zero-order valence-electron chi connectivity index (χ0n) is 11.1. The molecule has 1 aromatic rings. The van der Waals surface area contributed by atoms with Crippen LogP contribution in [0.1, 0.15) is 31.1 Å². The van der Waals surface area contributed by atoms with Crippen molar-refractivity contribution in [2.75, 3.05) is 12.9 Å². The number of benzene rings is 1. The van der Waals surface area contributed by atoms with Gasteiger partial charge in [0.25, 0.3) is 0 Å². The second-order valence-corrected chi connectivity index (χ2v) is 5.80. The summed E-state index contributed by atoms with van der Waals surface area (Å²) in [4.78, 5) is 23.8. The molecule has 4 heteroatoms. The number of ketones is 1. The highest BCUT2D eigenvalue weighted by Crippen LogP contribution is 2.29. The smallest absolute Gasteiger partial charge is 0.312 e. The van der Waals surface area contributed by atoms with Crippen LogP contribution in [0.4, 0.5) is 0 Å². The van der Waals surface area contributed by atoms with Gasteiger partial charge in [-0.05, 0) is 32.9 Å². The van der Waals surface area contributed by atoms with Crippen molar-refractivity contribution in [3.63, 3.8) is 0 Å². The molecule has 98 valence electrons. The first-order valence-corrected chi connectivity index (χ1v) is 6.67. The highest BCUT2D eigenvalue weighted by atomic mass is 32.2. The average Bonchev–Trinajstić information content (AvgIpc) is 2.35. The fraction of sp³-hybridized carbons (Fsp3) is 0.429. The highest BCUT2D eigenvalue weighted by Gasteiger charge is 2.28. The molecule has 18 heavy (non-hydrogen) atoms. The van der Waals surface area contributed by atoms with Gasteiger partial charge in [-0.2, -0.15) is 0 Å². The van der Waals surface area contributed by atoms with Crippen LogP contribution in [0.2, 0.25) is 0 Å². The van der Waals surface area contributed by atoms with Gasteiger partial charge in [-0.1, -0.05) is 12.1 Å². The number of hydrogen-bond acceptors (Lipinski definition) is 4. The first-order valence-electron chi connectivity index (χ1n) is 5.69. The minimum absolute atomic E-state index is 0.0460. The lowest BCUT2D eigenvalue weighted by Gasteiger charge is -2.20. The Morgan fingerprint density at radius 2 is 2.00 bits per heavy atom. The summed E-state index contributed by atoms with van der Waals surface area (Å²) >= 11 is 1.55. The van der Waals surface area contributed by atoms with Crippen LogP contribution >= 0.6 is 11.8 Å². The number of Topliss-reactive ketones (excluding diaryl/α,β-unsaturated/α-hetero) is 1. The molecule has 0 saturated heterocycles. The van der Waals surface area contributed by atoms with Crippen LogP contribution in [-0.4, -0.2) is 24.6 Å². The standard InChI is InChI=1S/C14H18O3S/c1-10(15)11-6-5-7-12(8-11)18-9-14(2,3)13(16)17-4/h5-8H,9H2,1-4H3. The summed E-state index contributed by atoms with van der Waals surface area (Å²) in [5, 5.41) is 0. The lowest BCUT2D eigenvalue weighted by atomic mass is 9.97. The van der Waals surface area contributed by atoms with E-state index in [0.29, 0.717) is 11.3 Å². The van der Waals surface area contributed by atoms with E-state index in [1.807, 2.05) is 32.0 Å². The molecule has 0 aliphatic heterocycles. The summed E-state index contributed by atoms with van der Waals surface area (Å²) in [6.45, 7) is 5.24. The Labute approximate surface area is 112 Å². The first kappa shape index (κ1) is 14.8. The van der Waals surface area contributed by atoms with Crippen LogP contribution in [0.5, 0.6) is 0 Å². The van der Waals surface area contributed by atoms with Gasteiger partial charge in [0.2, 0.25) is 0 Å². The Morgan fingerprint density at radius 3 is 2.56 bits per heavy atom. The fourth-order valence-corrected chi connectivity index (χ4v) is 2.43. The zero-order valence-corrected chi connectivity index (χ0v) is 12.0. The molecule has 0 bridgehead atoms. The number of methoxy groups -OCH3 is 1. The van der Waals surface area contributed by atoms with E-state index in [-0.39, 0.29) is 11.8 Å². The molecule has 0 radical (unpaired) electrons. The molecule has 0 aromatic heterocycles. The van der Waals surface area contributed by atoms with Crippen LogP contribution in [0.15, 0.2) is 29.2 Å². The van der Waals surface area contributed by atoms with E-state index < -0.39 is 5.41 Å². The van der Waals surface area contributed by atoms with E-state index in [9.17, 15) is 9.59 Å². The Morgan fingerprint density at radius 1 is 1.33 bits per heavy atom. The van der Waals surface area contributed by atoms with Gasteiger partial charge in [0.15, 0.2) is 5.78 Å². The van der Waals surface area contributed by atoms with Crippen molar-refractivity contribution in [1.82, 2.24) is 0 Å². The second kappa shape index (κ2) is 6.05. The molecule has 0 aliphatic carbocycles. The first-order chi connectivity index (χ1) is 8.36. The predicted molar refractivity (Wildman–Crippen MR) is 73.0 cm³/mol. The third kappa shape index (κ3) is 3.88. The van der Waals surface area contributed by atoms with Crippen LogP contribution < -0.4 is 0 Å². The molecule has 0 unspecified atom stereocenters. The predicted octanol–water partition coefficient (Wildman–Crippen LogP) is 3.18. The highest BCUT2D eigenvalue weighted by molar-refractivity contribution is 7.99. The SMILES string of the molecule is COC(=O)C(C)(C)CSc1cccc(C(C)=O)c1. The maximum absolute atomic E-state index is 11.5. The number of carbonyl (C=O) groups is 2. The number of hydrogen-bond donors (Lipinski definition) is 0. The summed E-state index contributed by atoms with van der Waals surface area (Å²) in [6.07, 6.45) is 0. The number of thioether (sulfide) groups is 1. The monoisotopic (exact) mass is 266 g/mol. The van der Waals surface area contributed by atoms with E-state index in [1.54, 1.807) is 24.8 Å². The van der Waals surface area contributed by atoms with Gasteiger partial charge < -0.3 is 4.74 Å². The van der Waals surface area contributed by atoms with Gasteiger partial charge in [0, 0.05) is 16.2 Å². The number of ether oxygens (including phenoxy) is 1. The molecular weight excluding hydrogens is 248 g/mol. The number of carbonyl (C=O) groups excluding carboxylic acids is 2. The van der Waals surface area contributed by atoms with Gasteiger partial charge in [-0.15, -0.1) is 11.8 Å². The molecule has 0 heterocycles. The lowest BCUT2D eigenvalue weighted by molar-refractivity contribution is -0.149. The fourth-order valence-electron chi connectivity index (χ4n) is 1.40. The number of rotatable bonds is 5. The normalized spacial score (nSPS) is 11.1. The quantitative estimate of drug-likeness (QED) is 0.466. The summed E-state index contributed by atoms with van der Waals surface area (Å²) in [5.41, 5.74) is 0.155. The summed E-state index contributed by atoms with van der Waals surface area (Å²) in [7, 11) is 1.39. The number of esters is 1. The van der Waals surface area contributed by atoms with Gasteiger partial charge in [-0.3, -0.25) is 9.59 Å². The molecule has 0 aliphatic rings. The van der Waals surface area contributed by atoms with Gasteiger partial charge in [0.05, 0.1) is 12.5 Å². The molecule has 0 spiro atoms. The maximum Gasteiger partial charge on any atom is 0.312 e. The molecule has 0 atom stereocenters. The third-order valence-electron chi connectivity index (χ3n) is 2.58. The van der Waals surface area contributed by atoms with Gasteiger partial charge >= 0.3 is 5.97 Å². The molecular formula is C14H18O3S. The van der Waals surface area contributed by atoms with Crippen molar-refractivity contribution in [3.05, 3.63) is 29.8 Å². The molecule has 0 fully saturated rings. The maximum atomic E-state index is 11.5. The molecule has 0 N–H and O–H groups in total. The Balaban J connectivity index is 2.72. The van der Waals surface area contributed by atoms with Crippen LogP contribution in [0.3, 0.4) is 0 Å². The Kier molecular flexibility index (Phi) is 4.96. The van der Waals surface area contributed by atoms with Crippen molar-refractivity contribution < 1.29 is 14.3 Å². The van der Waals surface area contributed by atoms with Crippen molar-refractivity contribution >= 4 is 23.5 Å². The molecule has 1 aromatic carbocycles. The van der Waals surface area contributed by atoms with Gasteiger partial charge in [-0.25, -0.2) is 0 Å². The van der Waals surface area contributed by atoms with Crippen molar-refractivity contribution in [2.24, 2.45) is 5.41 Å². The van der Waals surface area contributed by atoms with E-state index in [2.05, 4.69) is 0 Å². The van der Waals surface area contributed by atoms with Crippen LogP contribution in [-0.2, 0) is 9.53 Å². The van der Waals surface area contributed by atoms with Crippen LogP contribution in [0.25, 0.3) is 0 Å². The van der Waals surface area contributed by atoms with E-state index >= 15 is 0 Å². The van der Waals surface area contributed by atoms with E-state index in [1.165, 1.54) is 7.11 Å². The largest absolute Gasteiger partial charge is 0.469 e. The average molecular weight is 266 g/mol. The van der Waals surface area contributed by atoms with E-state index in [0.717, 1.165) is 4.90 Å². The Bertz CT molecular complexity index is 452. The molecule has 0 amide bonds. The van der Waals surface area contributed by atoms with Crippen molar-refractivity contribution in [1.29, 1.82) is 0 Å². The zero-order chi connectivity index (χ0) is 13.8. The minimum atomic E-state index is -0.536. The lowest BCUT2D eigenvalue weighted by Crippen LogP contribution is -2.28. The second-order valence-electron chi connectivity index (χ2n) is 4.75. The van der Waals surface area contributed by atoms with E-state index in [4.69, 9.17) is 4.74 Å². The summed E-state index contributed by atoms with van der Waals surface area (Å²) in [5.74, 6) is 0.434. The minimum Gasteiger partial charge on any atom is -0.469 e. The summed E-state index contributed by atoms with van der Waals surface area (Å²) < 4.78 is 4.76. The molecule has 1 rings (SSSR count). The summed E-state index contributed by atoms with van der Waals surface area (Å²) in [6, 6.07) is 7.42.